The molecule has 0 spiro atoms. The summed E-state index contributed by atoms with van der Waals surface area (Å²) in [4.78, 5) is 25.6. The van der Waals surface area contributed by atoms with Crippen LogP contribution in [-0.2, 0) is 9.53 Å². The second-order valence-electron chi connectivity index (χ2n) is 5.92. The zero-order chi connectivity index (χ0) is 19.8. The maximum absolute atomic E-state index is 12.4. The number of amides is 1. The van der Waals surface area contributed by atoms with Gasteiger partial charge in [0.15, 0.2) is 0 Å². The average molecular weight is 388 g/mol. The van der Waals surface area contributed by atoms with Gasteiger partial charge in [-0.2, -0.15) is 0 Å². The molecule has 0 atom stereocenters. The molecule has 2 aromatic rings. The van der Waals surface area contributed by atoms with E-state index in [4.69, 9.17) is 9.47 Å². The van der Waals surface area contributed by atoms with Crippen LogP contribution in [0.15, 0.2) is 30.3 Å². The van der Waals surface area contributed by atoms with Crippen molar-refractivity contribution in [2.45, 2.75) is 34.1 Å². The monoisotopic (exact) mass is 387 g/mol. The quantitative estimate of drug-likeness (QED) is 0.512. The number of para-hydroxylation sites is 1. The maximum Gasteiger partial charge on any atom is 0.341 e. The highest BCUT2D eigenvalue weighted by atomic mass is 32.1. The van der Waals surface area contributed by atoms with Gasteiger partial charge in [0, 0.05) is 16.5 Å². The van der Waals surface area contributed by atoms with Crippen molar-refractivity contribution in [3.63, 3.8) is 0 Å². The summed E-state index contributed by atoms with van der Waals surface area (Å²) in [7, 11) is 0. The number of ether oxygens (including phenoxy) is 2. The van der Waals surface area contributed by atoms with Crippen molar-refractivity contribution < 1.29 is 19.1 Å². The Labute approximate surface area is 164 Å². The minimum absolute atomic E-state index is 0.287. The first-order chi connectivity index (χ1) is 13.0. The molecule has 0 aliphatic heterocycles. The van der Waals surface area contributed by atoms with Crippen LogP contribution in [0.3, 0.4) is 0 Å². The number of benzene rings is 1. The van der Waals surface area contributed by atoms with Gasteiger partial charge < -0.3 is 14.8 Å². The first kappa shape index (κ1) is 20.7. The molecule has 5 nitrogen and oxygen atoms in total. The molecule has 0 radical (unpaired) electrons. The Balaban J connectivity index is 2.16. The van der Waals surface area contributed by atoms with Gasteiger partial charge in [0.1, 0.15) is 10.8 Å². The molecule has 144 valence electrons. The lowest BCUT2D eigenvalue weighted by molar-refractivity contribution is -0.111. The van der Waals surface area contributed by atoms with Crippen LogP contribution in [0.25, 0.3) is 6.08 Å². The summed E-state index contributed by atoms with van der Waals surface area (Å²) in [5.74, 6) is 0.00228. The second kappa shape index (κ2) is 9.92. The maximum atomic E-state index is 12.4. The van der Waals surface area contributed by atoms with Crippen LogP contribution < -0.4 is 10.1 Å². The van der Waals surface area contributed by atoms with Gasteiger partial charge in [0.25, 0.3) is 0 Å². The lowest BCUT2D eigenvalue weighted by atomic mass is 10.1. The zero-order valence-corrected chi connectivity index (χ0v) is 16.9. The van der Waals surface area contributed by atoms with Crippen LogP contribution in [0.2, 0.25) is 0 Å². The van der Waals surface area contributed by atoms with Gasteiger partial charge in [0.2, 0.25) is 5.91 Å². The van der Waals surface area contributed by atoms with Gasteiger partial charge in [-0.25, -0.2) is 4.79 Å². The number of nitrogens with one attached hydrogen (secondary N) is 1. The molecule has 6 heteroatoms. The van der Waals surface area contributed by atoms with Gasteiger partial charge >= 0.3 is 5.97 Å². The van der Waals surface area contributed by atoms with E-state index >= 15 is 0 Å². The SMILES string of the molecule is CCCOc1ccccc1C=CC(=O)Nc1sc(C)c(C)c1C(=O)OCC. The van der Waals surface area contributed by atoms with Gasteiger partial charge in [-0.3, -0.25) is 4.79 Å². The van der Waals surface area contributed by atoms with Crippen LogP contribution in [0, 0.1) is 13.8 Å². The summed E-state index contributed by atoms with van der Waals surface area (Å²) in [6, 6.07) is 7.54. The van der Waals surface area contributed by atoms with Crippen molar-refractivity contribution in [3.05, 3.63) is 51.9 Å². The molecule has 1 amide bonds. The lowest BCUT2D eigenvalue weighted by Gasteiger charge is -2.08. The molecule has 0 aliphatic rings. The number of esters is 1. The fraction of sp³-hybridized carbons (Fsp3) is 0.333. The fourth-order valence-electron chi connectivity index (χ4n) is 2.44. The third-order valence-electron chi connectivity index (χ3n) is 3.90. The van der Waals surface area contributed by atoms with E-state index in [1.807, 2.05) is 45.0 Å². The smallest absolute Gasteiger partial charge is 0.341 e. The van der Waals surface area contributed by atoms with E-state index in [-0.39, 0.29) is 12.5 Å². The first-order valence-electron chi connectivity index (χ1n) is 8.95. The first-order valence-corrected chi connectivity index (χ1v) is 9.77. The largest absolute Gasteiger partial charge is 0.493 e. The van der Waals surface area contributed by atoms with E-state index in [2.05, 4.69) is 5.32 Å². The third-order valence-corrected chi connectivity index (χ3v) is 5.02. The molecule has 2 rings (SSSR count). The summed E-state index contributed by atoms with van der Waals surface area (Å²) in [5.41, 5.74) is 2.08. The molecule has 1 aromatic carbocycles. The van der Waals surface area contributed by atoms with Crippen molar-refractivity contribution in [1.29, 1.82) is 0 Å². The molecule has 0 unspecified atom stereocenters. The summed E-state index contributed by atoms with van der Waals surface area (Å²) in [5, 5.41) is 3.30. The molecule has 0 saturated carbocycles. The zero-order valence-electron chi connectivity index (χ0n) is 16.1. The average Bonchev–Trinajstić information content (AvgIpc) is 2.92. The number of thiophene rings is 1. The minimum Gasteiger partial charge on any atom is -0.493 e. The van der Waals surface area contributed by atoms with Crippen molar-refractivity contribution >= 4 is 34.3 Å². The van der Waals surface area contributed by atoms with E-state index in [1.165, 1.54) is 17.4 Å². The van der Waals surface area contributed by atoms with Gasteiger partial charge in [-0.15, -0.1) is 11.3 Å². The summed E-state index contributed by atoms with van der Waals surface area (Å²) < 4.78 is 10.8. The number of hydrogen-bond donors (Lipinski definition) is 1. The van der Waals surface area contributed by atoms with Crippen molar-refractivity contribution in [2.75, 3.05) is 18.5 Å². The molecule has 1 aromatic heterocycles. The predicted molar refractivity (Wildman–Crippen MR) is 110 cm³/mol. The van der Waals surface area contributed by atoms with Crippen LogP contribution in [0.1, 0.15) is 46.6 Å². The highest BCUT2D eigenvalue weighted by Gasteiger charge is 2.21. The van der Waals surface area contributed by atoms with Crippen LogP contribution in [0.4, 0.5) is 5.00 Å². The van der Waals surface area contributed by atoms with Gasteiger partial charge in [-0.1, -0.05) is 25.1 Å². The fourth-order valence-corrected chi connectivity index (χ4v) is 3.50. The van der Waals surface area contributed by atoms with E-state index < -0.39 is 5.97 Å². The van der Waals surface area contributed by atoms with Crippen LogP contribution in [-0.4, -0.2) is 25.1 Å². The molecule has 0 fully saturated rings. The molecule has 0 bridgehead atoms. The number of anilines is 1. The molecular formula is C21H25NO4S. The van der Waals surface area contributed by atoms with Crippen LogP contribution >= 0.6 is 11.3 Å². The number of carbonyl (C=O) groups excluding carboxylic acids is 2. The van der Waals surface area contributed by atoms with Gasteiger partial charge in [-0.05, 0) is 44.9 Å². The van der Waals surface area contributed by atoms with E-state index in [0.717, 1.165) is 28.2 Å². The highest BCUT2D eigenvalue weighted by Crippen LogP contribution is 2.33. The summed E-state index contributed by atoms with van der Waals surface area (Å²) in [6.07, 6.45) is 4.05. The molecule has 1 heterocycles. The molecule has 0 saturated heterocycles. The normalized spacial score (nSPS) is 10.8. The van der Waals surface area contributed by atoms with Gasteiger partial charge in [0.05, 0.1) is 18.8 Å². The van der Waals surface area contributed by atoms with E-state index in [9.17, 15) is 9.59 Å². The van der Waals surface area contributed by atoms with E-state index in [1.54, 1.807) is 13.0 Å². The molecule has 0 aliphatic carbocycles. The Morgan fingerprint density at radius 3 is 2.63 bits per heavy atom. The Morgan fingerprint density at radius 1 is 1.19 bits per heavy atom. The summed E-state index contributed by atoms with van der Waals surface area (Å²) in [6.45, 7) is 8.46. The van der Waals surface area contributed by atoms with Crippen LogP contribution in [0.5, 0.6) is 5.75 Å². The van der Waals surface area contributed by atoms with Crippen molar-refractivity contribution in [3.8, 4) is 5.75 Å². The Kier molecular flexibility index (Phi) is 7.61. The number of aryl methyl sites for hydroxylation is 1. The highest BCUT2D eigenvalue weighted by molar-refractivity contribution is 7.16. The number of rotatable bonds is 8. The van der Waals surface area contributed by atoms with E-state index in [0.29, 0.717) is 17.2 Å². The Bertz CT molecular complexity index is 839. The van der Waals surface area contributed by atoms with Crippen molar-refractivity contribution in [1.82, 2.24) is 0 Å². The second-order valence-corrected chi connectivity index (χ2v) is 7.14. The molecular weight excluding hydrogens is 362 g/mol. The predicted octanol–water partition coefficient (Wildman–Crippen LogP) is 4.98. The third kappa shape index (κ3) is 5.44. The topological polar surface area (TPSA) is 64.6 Å². The Hall–Kier alpha value is -2.60. The summed E-state index contributed by atoms with van der Waals surface area (Å²) >= 11 is 1.37. The number of carbonyl (C=O) groups is 2. The minimum atomic E-state index is -0.419. The Morgan fingerprint density at radius 2 is 1.93 bits per heavy atom. The molecule has 1 N–H and O–H groups in total. The molecule has 27 heavy (non-hydrogen) atoms. The number of hydrogen-bond acceptors (Lipinski definition) is 5. The standard InChI is InChI=1S/C21H25NO4S/c1-5-13-26-17-10-8-7-9-16(17)11-12-18(23)22-20-19(21(24)25-6-2)14(3)15(4)27-20/h7-12H,5-6,13H2,1-4H3,(H,22,23). The lowest BCUT2D eigenvalue weighted by Crippen LogP contribution is -2.12. The van der Waals surface area contributed by atoms with Crippen molar-refractivity contribution in [2.24, 2.45) is 0 Å².